The van der Waals surface area contributed by atoms with E-state index in [2.05, 4.69) is 28.1 Å². The van der Waals surface area contributed by atoms with Crippen LogP contribution in [0.1, 0.15) is 31.2 Å². The number of sulfonamides is 1. The van der Waals surface area contributed by atoms with E-state index < -0.39 is 10.0 Å². The molecule has 0 amide bonds. The highest BCUT2D eigenvalue weighted by molar-refractivity contribution is 9.10. The first-order valence-corrected chi connectivity index (χ1v) is 8.66. The largest absolute Gasteiger partial charge is 0.213 e. The first-order chi connectivity index (χ1) is 8.53. The second-order valence-electron chi connectivity index (χ2n) is 4.63. The van der Waals surface area contributed by atoms with E-state index in [0.29, 0.717) is 19.0 Å². The minimum atomic E-state index is -3.01. The van der Waals surface area contributed by atoms with Gasteiger partial charge in [-0.05, 0) is 43.4 Å². The van der Waals surface area contributed by atoms with Crippen molar-refractivity contribution in [2.75, 3.05) is 18.8 Å². The van der Waals surface area contributed by atoms with Crippen molar-refractivity contribution in [1.29, 1.82) is 0 Å². The number of hydrogen-bond donors (Lipinski definition) is 0. The summed E-state index contributed by atoms with van der Waals surface area (Å²) >= 11 is 3.43. The number of hydrogen-bond acceptors (Lipinski definition) is 2. The van der Waals surface area contributed by atoms with Crippen LogP contribution >= 0.6 is 15.9 Å². The predicted molar refractivity (Wildman–Crippen MR) is 77.2 cm³/mol. The summed E-state index contributed by atoms with van der Waals surface area (Å²) in [6, 6.07) is 8.34. The Morgan fingerprint density at radius 3 is 2.28 bits per heavy atom. The quantitative estimate of drug-likeness (QED) is 0.853. The molecular formula is C13H18BrNO2S. The third kappa shape index (κ3) is 3.13. The van der Waals surface area contributed by atoms with Crippen LogP contribution in [0.4, 0.5) is 0 Å². The third-order valence-electron chi connectivity index (χ3n) is 3.55. The van der Waals surface area contributed by atoms with E-state index in [1.807, 2.05) is 12.1 Å². The van der Waals surface area contributed by atoms with Gasteiger partial charge in [-0.3, -0.25) is 0 Å². The second kappa shape index (κ2) is 5.72. The Morgan fingerprint density at radius 2 is 1.78 bits per heavy atom. The Bertz CT molecular complexity index is 490. The Hall–Kier alpha value is -0.390. The van der Waals surface area contributed by atoms with Gasteiger partial charge in [0.05, 0.1) is 5.75 Å². The molecule has 18 heavy (non-hydrogen) atoms. The van der Waals surface area contributed by atoms with Gasteiger partial charge in [-0.15, -0.1) is 0 Å². The summed E-state index contributed by atoms with van der Waals surface area (Å²) in [5, 5.41) is 0. The zero-order valence-corrected chi connectivity index (χ0v) is 12.9. The number of halogens is 1. The fourth-order valence-corrected chi connectivity index (χ4v) is 3.78. The first kappa shape index (κ1) is 14.0. The van der Waals surface area contributed by atoms with Crippen molar-refractivity contribution in [1.82, 2.24) is 4.31 Å². The highest BCUT2D eigenvalue weighted by atomic mass is 79.9. The van der Waals surface area contributed by atoms with Gasteiger partial charge >= 0.3 is 0 Å². The van der Waals surface area contributed by atoms with E-state index >= 15 is 0 Å². The summed E-state index contributed by atoms with van der Waals surface area (Å²) in [5.41, 5.74) is 1.31. The molecule has 0 bridgehead atoms. The summed E-state index contributed by atoms with van der Waals surface area (Å²) in [7, 11) is -3.01. The van der Waals surface area contributed by atoms with Crippen LogP contribution in [-0.4, -0.2) is 31.6 Å². The Labute approximate surface area is 117 Å². The maximum absolute atomic E-state index is 11.8. The summed E-state index contributed by atoms with van der Waals surface area (Å²) in [5.74, 6) is 0.692. The van der Waals surface area contributed by atoms with Gasteiger partial charge in [0.25, 0.3) is 0 Å². The van der Waals surface area contributed by atoms with Gasteiger partial charge in [0.1, 0.15) is 0 Å². The number of rotatable bonds is 3. The maximum Gasteiger partial charge on any atom is 0.213 e. The lowest BCUT2D eigenvalue weighted by atomic mass is 9.90. The van der Waals surface area contributed by atoms with Crippen LogP contribution in [-0.2, 0) is 10.0 Å². The topological polar surface area (TPSA) is 37.4 Å². The standard InChI is InChI=1S/C13H18BrNO2S/c1-2-18(16,17)15-9-7-12(8-10-15)11-3-5-13(14)6-4-11/h3-6,12H,2,7-10H2,1H3. The minimum Gasteiger partial charge on any atom is -0.212 e. The molecule has 0 aromatic heterocycles. The Morgan fingerprint density at radius 1 is 1.22 bits per heavy atom. The van der Waals surface area contributed by atoms with E-state index in [1.54, 1.807) is 11.2 Å². The number of piperidine rings is 1. The number of nitrogens with zero attached hydrogens (tertiary/aromatic N) is 1. The lowest BCUT2D eigenvalue weighted by molar-refractivity contribution is 0.320. The predicted octanol–water partition coefficient (Wildman–Crippen LogP) is 2.98. The van der Waals surface area contributed by atoms with Crippen LogP contribution in [0.2, 0.25) is 0 Å². The molecule has 3 nitrogen and oxygen atoms in total. The minimum absolute atomic E-state index is 0.204. The molecule has 0 N–H and O–H groups in total. The van der Waals surface area contributed by atoms with Gasteiger partial charge in [0.15, 0.2) is 0 Å². The van der Waals surface area contributed by atoms with Crippen molar-refractivity contribution in [2.24, 2.45) is 0 Å². The van der Waals surface area contributed by atoms with Gasteiger partial charge in [-0.25, -0.2) is 12.7 Å². The molecule has 1 fully saturated rings. The summed E-state index contributed by atoms with van der Waals surface area (Å²) in [6.07, 6.45) is 1.84. The summed E-state index contributed by atoms with van der Waals surface area (Å²) < 4.78 is 26.2. The molecule has 0 radical (unpaired) electrons. The van der Waals surface area contributed by atoms with Gasteiger partial charge in [-0.1, -0.05) is 28.1 Å². The molecule has 1 heterocycles. The van der Waals surface area contributed by atoms with E-state index in [4.69, 9.17) is 0 Å². The molecule has 1 aromatic carbocycles. The molecule has 0 atom stereocenters. The summed E-state index contributed by atoms with van der Waals surface area (Å²) in [6.45, 7) is 3.00. The molecule has 0 saturated carbocycles. The van der Waals surface area contributed by atoms with Gasteiger partial charge in [0.2, 0.25) is 10.0 Å². The fourth-order valence-electron chi connectivity index (χ4n) is 2.38. The fraction of sp³-hybridized carbons (Fsp3) is 0.538. The maximum atomic E-state index is 11.8. The molecule has 100 valence electrons. The van der Waals surface area contributed by atoms with E-state index in [-0.39, 0.29) is 5.75 Å². The van der Waals surface area contributed by atoms with Crippen LogP contribution in [0.15, 0.2) is 28.7 Å². The molecule has 5 heteroatoms. The van der Waals surface area contributed by atoms with Crippen LogP contribution < -0.4 is 0 Å². The van der Waals surface area contributed by atoms with Crippen LogP contribution in [0.5, 0.6) is 0 Å². The highest BCUT2D eigenvalue weighted by Crippen LogP contribution is 2.29. The molecule has 1 aliphatic heterocycles. The van der Waals surface area contributed by atoms with Crippen molar-refractivity contribution < 1.29 is 8.42 Å². The van der Waals surface area contributed by atoms with Crippen molar-refractivity contribution in [3.63, 3.8) is 0 Å². The van der Waals surface area contributed by atoms with Gasteiger partial charge in [-0.2, -0.15) is 0 Å². The van der Waals surface area contributed by atoms with Crippen molar-refractivity contribution in [3.8, 4) is 0 Å². The average Bonchev–Trinajstić information content (AvgIpc) is 2.40. The van der Waals surface area contributed by atoms with Crippen LogP contribution in [0, 0.1) is 0 Å². The normalized spacial score (nSPS) is 19.0. The second-order valence-corrected chi connectivity index (χ2v) is 7.80. The number of benzene rings is 1. The first-order valence-electron chi connectivity index (χ1n) is 6.26. The average molecular weight is 332 g/mol. The van der Waals surface area contributed by atoms with Crippen LogP contribution in [0.25, 0.3) is 0 Å². The molecule has 0 spiro atoms. The van der Waals surface area contributed by atoms with E-state index in [0.717, 1.165) is 17.3 Å². The van der Waals surface area contributed by atoms with Crippen molar-refractivity contribution >= 4 is 26.0 Å². The molecule has 2 rings (SSSR count). The smallest absolute Gasteiger partial charge is 0.212 e. The lowest BCUT2D eigenvalue weighted by Crippen LogP contribution is -2.38. The van der Waals surface area contributed by atoms with Gasteiger partial charge in [0, 0.05) is 17.6 Å². The molecule has 0 aliphatic carbocycles. The lowest BCUT2D eigenvalue weighted by Gasteiger charge is -2.31. The SMILES string of the molecule is CCS(=O)(=O)N1CCC(c2ccc(Br)cc2)CC1. The Balaban J connectivity index is 2.01. The Kier molecular flexibility index (Phi) is 4.45. The van der Waals surface area contributed by atoms with Crippen LogP contribution in [0.3, 0.4) is 0 Å². The molecule has 1 aliphatic rings. The van der Waals surface area contributed by atoms with Crippen molar-refractivity contribution in [3.05, 3.63) is 34.3 Å². The third-order valence-corrected chi connectivity index (χ3v) is 5.96. The molecule has 1 aromatic rings. The van der Waals surface area contributed by atoms with E-state index in [9.17, 15) is 8.42 Å². The molecular weight excluding hydrogens is 314 g/mol. The zero-order chi connectivity index (χ0) is 13.2. The zero-order valence-electron chi connectivity index (χ0n) is 10.5. The van der Waals surface area contributed by atoms with Crippen molar-refractivity contribution in [2.45, 2.75) is 25.7 Å². The monoisotopic (exact) mass is 331 g/mol. The summed E-state index contributed by atoms with van der Waals surface area (Å²) in [4.78, 5) is 0. The highest BCUT2D eigenvalue weighted by Gasteiger charge is 2.27. The molecule has 0 unspecified atom stereocenters. The van der Waals surface area contributed by atoms with E-state index in [1.165, 1.54) is 5.56 Å². The van der Waals surface area contributed by atoms with Gasteiger partial charge < -0.3 is 0 Å². The molecule has 1 saturated heterocycles.